The summed E-state index contributed by atoms with van der Waals surface area (Å²) in [6.45, 7) is 0.420. The zero-order valence-electron chi connectivity index (χ0n) is 15.7. The van der Waals surface area contributed by atoms with Gasteiger partial charge in [-0.05, 0) is 35.9 Å². The van der Waals surface area contributed by atoms with Crippen molar-refractivity contribution >= 4 is 32.3 Å². The summed E-state index contributed by atoms with van der Waals surface area (Å²) >= 11 is 0. The molecule has 0 bridgehead atoms. The minimum absolute atomic E-state index is 0.273. The fraction of sp³-hybridized carbons (Fsp3) is 0.0909. The van der Waals surface area contributed by atoms with Gasteiger partial charge in [0.05, 0.1) is 17.0 Å². The van der Waals surface area contributed by atoms with Gasteiger partial charge in [-0.1, -0.05) is 48.5 Å². The van der Waals surface area contributed by atoms with Gasteiger partial charge in [0.2, 0.25) is 0 Å². The molecule has 1 aromatic heterocycles. The molecule has 0 spiro atoms. The van der Waals surface area contributed by atoms with Gasteiger partial charge in [-0.2, -0.15) is 5.10 Å². The normalized spacial score (nSPS) is 11.5. The smallest absolute Gasteiger partial charge is 0.276 e. The summed E-state index contributed by atoms with van der Waals surface area (Å²) in [5.74, 6) is -0.279. The van der Waals surface area contributed by atoms with E-state index in [0.717, 1.165) is 16.5 Å². The molecule has 3 aromatic carbocycles. The molecule has 4 rings (SSSR count). The molecule has 146 valence electrons. The van der Waals surface area contributed by atoms with E-state index in [4.69, 9.17) is 0 Å². The molecule has 0 aliphatic rings. The Morgan fingerprint density at radius 1 is 0.931 bits per heavy atom. The average molecular weight is 405 g/mol. The number of carbonyl (C=O) groups excluding carboxylic acids is 1. The van der Waals surface area contributed by atoms with Gasteiger partial charge in [0, 0.05) is 17.3 Å². The average Bonchev–Trinajstić information content (AvgIpc) is 3.07. The molecule has 0 aliphatic carbocycles. The maximum atomic E-state index is 12.8. The van der Waals surface area contributed by atoms with Crippen LogP contribution in [0.5, 0.6) is 0 Å². The van der Waals surface area contributed by atoms with E-state index in [1.807, 2.05) is 54.6 Å². The molecule has 0 saturated heterocycles. The predicted octanol–water partition coefficient (Wildman–Crippen LogP) is 3.74. The summed E-state index contributed by atoms with van der Waals surface area (Å²) in [5.41, 5.74) is 2.77. The van der Waals surface area contributed by atoms with Crippen LogP contribution in [0.2, 0.25) is 0 Å². The van der Waals surface area contributed by atoms with Gasteiger partial charge in [0.1, 0.15) is 0 Å². The highest BCUT2D eigenvalue weighted by atomic mass is 32.2. The fourth-order valence-corrected chi connectivity index (χ4v) is 3.77. The van der Waals surface area contributed by atoms with E-state index >= 15 is 0 Å². The van der Waals surface area contributed by atoms with Crippen molar-refractivity contribution in [3.63, 3.8) is 0 Å². The van der Waals surface area contributed by atoms with E-state index in [0.29, 0.717) is 17.9 Å². The standard InChI is InChI=1S/C22H19N3O3S/c1-29(27,28)18-13-11-16(12-14-18)15-25-20-10-6-5-9-19(20)21(24-25)22(26)23-17-7-3-2-4-8-17/h2-14H,15H2,1H3,(H,23,26). The van der Waals surface area contributed by atoms with Crippen LogP contribution in [-0.2, 0) is 16.4 Å². The second-order valence-corrected chi connectivity index (χ2v) is 8.78. The lowest BCUT2D eigenvalue weighted by atomic mass is 10.2. The lowest BCUT2D eigenvalue weighted by Crippen LogP contribution is -2.13. The minimum Gasteiger partial charge on any atom is -0.321 e. The van der Waals surface area contributed by atoms with Crippen molar-refractivity contribution in [3.8, 4) is 0 Å². The molecular weight excluding hydrogens is 386 g/mol. The Bertz CT molecular complexity index is 1280. The Hall–Kier alpha value is -3.45. The number of carbonyl (C=O) groups is 1. The van der Waals surface area contributed by atoms with E-state index in [9.17, 15) is 13.2 Å². The van der Waals surface area contributed by atoms with Crippen molar-refractivity contribution in [2.45, 2.75) is 11.4 Å². The van der Waals surface area contributed by atoms with Crippen LogP contribution in [0.3, 0.4) is 0 Å². The third kappa shape index (κ3) is 4.05. The number of benzene rings is 3. The van der Waals surface area contributed by atoms with Gasteiger partial charge >= 0.3 is 0 Å². The van der Waals surface area contributed by atoms with E-state index in [2.05, 4.69) is 10.4 Å². The molecule has 29 heavy (non-hydrogen) atoms. The molecule has 4 aromatic rings. The predicted molar refractivity (Wildman–Crippen MR) is 113 cm³/mol. The second-order valence-electron chi connectivity index (χ2n) is 6.76. The number of rotatable bonds is 5. The number of hydrogen-bond donors (Lipinski definition) is 1. The summed E-state index contributed by atoms with van der Waals surface area (Å²) in [7, 11) is -3.24. The molecule has 0 radical (unpaired) electrons. The number of para-hydroxylation sites is 2. The Labute approximate surface area is 168 Å². The van der Waals surface area contributed by atoms with Crippen LogP contribution < -0.4 is 5.32 Å². The molecule has 1 N–H and O–H groups in total. The molecular formula is C22H19N3O3S. The summed E-state index contributed by atoms with van der Waals surface area (Å²) in [6, 6.07) is 23.5. The molecule has 1 heterocycles. The zero-order valence-corrected chi connectivity index (χ0v) is 16.6. The fourth-order valence-electron chi connectivity index (χ4n) is 3.14. The van der Waals surface area contributed by atoms with Crippen LogP contribution in [0.4, 0.5) is 5.69 Å². The van der Waals surface area contributed by atoms with E-state index in [1.54, 1.807) is 28.9 Å². The maximum absolute atomic E-state index is 12.8. The molecule has 6 nitrogen and oxygen atoms in total. The number of amides is 1. The SMILES string of the molecule is CS(=O)(=O)c1ccc(Cn2nc(C(=O)Nc3ccccc3)c3ccccc32)cc1. The number of sulfone groups is 1. The van der Waals surface area contributed by atoms with Crippen molar-refractivity contribution < 1.29 is 13.2 Å². The summed E-state index contributed by atoms with van der Waals surface area (Å²) in [6.07, 6.45) is 1.18. The third-order valence-electron chi connectivity index (χ3n) is 4.59. The highest BCUT2D eigenvalue weighted by molar-refractivity contribution is 7.90. The molecule has 0 saturated carbocycles. The lowest BCUT2D eigenvalue weighted by molar-refractivity contribution is 0.102. The van der Waals surface area contributed by atoms with Crippen LogP contribution in [0.1, 0.15) is 16.1 Å². The number of nitrogens with one attached hydrogen (secondary N) is 1. The van der Waals surface area contributed by atoms with Crippen LogP contribution in [0.25, 0.3) is 10.9 Å². The quantitative estimate of drug-likeness (QED) is 0.548. The summed E-state index contributed by atoms with van der Waals surface area (Å²) < 4.78 is 25.0. The Kier molecular flexibility index (Phi) is 4.90. The number of fused-ring (bicyclic) bond motifs is 1. The monoisotopic (exact) mass is 405 g/mol. The van der Waals surface area contributed by atoms with Gasteiger partial charge in [-0.3, -0.25) is 9.48 Å². The molecule has 7 heteroatoms. The van der Waals surface area contributed by atoms with E-state index in [1.165, 1.54) is 6.26 Å². The first-order chi connectivity index (χ1) is 13.9. The Morgan fingerprint density at radius 2 is 1.59 bits per heavy atom. The first kappa shape index (κ1) is 18.9. The number of hydrogen-bond acceptors (Lipinski definition) is 4. The van der Waals surface area contributed by atoms with Gasteiger partial charge in [-0.25, -0.2) is 8.42 Å². The minimum atomic E-state index is -3.24. The van der Waals surface area contributed by atoms with E-state index < -0.39 is 9.84 Å². The first-order valence-electron chi connectivity index (χ1n) is 9.03. The van der Waals surface area contributed by atoms with Gasteiger partial charge in [0.15, 0.2) is 15.5 Å². The summed E-state index contributed by atoms with van der Waals surface area (Å²) in [4.78, 5) is 13.1. The number of nitrogens with zero attached hydrogens (tertiary/aromatic N) is 2. The molecule has 1 amide bonds. The van der Waals surface area contributed by atoms with Crippen LogP contribution >= 0.6 is 0 Å². The highest BCUT2D eigenvalue weighted by Gasteiger charge is 2.17. The second kappa shape index (κ2) is 7.52. The van der Waals surface area contributed by atoms with Crippen molar-refractivity contribution in [1.29, 1.82) is 0 Å². The van der Waals surface area contributed by atoms with Crippen molar-refractivity contribution in [1.82, 2.24) is 9.78 Å². The largest absolute Gasteiger partial charge is 0.321 e. The van der Waals surface area contributed by atoms with Gasteiger partial charge in [0.25, 0.3) is 5.91 Å². The molecule has 0 aliphatic heterocycles. The number of aromatic nitrogens is 2. The highest BCUT2D eigenvalue weighted by Crippen LogP contribution is 2.21. The van der Waals surface area contributed by atoms with Crippen LogP contribution in [-0.4, -0.2) is 30.4 Å². The van der Waals surface area contributed by atoms with Gasteiger partial charge < -0.3 is 5.32 Å². The topological polar surface area (TPSA) is 81.1 Å². The van der Waals surface area contributed by atoms with Crippen molar-refractivity contribution in [2.24, 2.45) is 0 Å². The molecule has 0 atom stereocenters. The summed E-state index contributed by atoms with van der Waals surface area (Å²) in [5, 5.41) is 8.17. The molecule has 0 unspecified atom stereocenters. The van der Waals surface area contributed by atoms with E-state index in [-0.39, 0.29) is 10.8 Å². The maximum Gasteiger partial charge on any atom is 0.276 e. The number of anilines is 1. The Balaban J connectivity index is 1.66. The Morgan fingerprint density at radius 3 is 2.28 bits per heavy atom. The first-order valence-corrected chi connectivity index (χ1v) is 10.9. The molecule has 0 fully saturated rings. The van der Waals surface area contributed by atoms with Crippen LogP contribution in [0.15, 0.2) is 83.8 Å². The lowest BCUT2D eigenvalue weighted by Gasteiger charge is -2.05. The van der Waals surface area contributed by atoms with Crippen LogP contribution in [0, 0.1) is 0 Å². The zero-order chi connectivity index (χ0) is 20.4. The van der Waals surface area contributed by atoms with Crippen molar-refractivity contribution in [2.75, 3.05) is 11.6 Å². The third-order valence-corrected chi connectivity index (χ3v) is 5.72. The van der Waals surface area contributed by atoms with Crippen molar-refractivity contribution in [3.05, 3.63) is 90.1 Å². The van der Waals surface area contributed by atoms with Gasteiger partial charge in [-0.15, -0.1) is 0 Å².